The first-order chi connectivity index (χ1) is 8.88. The molecule has 0 fully saturated rings. The standard InChI is InChI=1S/C12H17FN2O2S2/c1-3-5-18-6-4-15-19(16,17)11-8-10(14)7-9(2)12(11)13/h3,7-8,15H,1,4-6,14H2,2H3. The summed E-state index contributed by atoms with van der Waals surface area (Å²) in [4.78, 5) is -0.404. The zero-order valence-electron chi connectivity index (χ0n) is 10.6. The van der Waals surface area contributed by atoms with Crippen LogP contribution in [-0.2, 0) is 10.0 Å². The number of rotatable bonds is 7. The summed E-state index contributed by atoms with van der Waals surface area (Å²) >= 11 is 1.54. The van der Waals surface area contributed by atoms with E-state index in [4.69, 9.17) is 5.73 Å². The number of nitrogen functional groups attached to an aromatic ring is 1. The number of benzene rings is 1. The van der Waals surface area contributed by atoms with E-state index in [-0.39, 0.29) is 17.8 Å². The van der Waals surface area contributed by atoms with Crippen molar-refractivity contribution in [2.75, 3.05) is 23.8 Å². The normalized spacial score (nSPS) is 11.5. The maximum absolute atomic E-state index is 13.8. The van der Waals surface area contributed by atoms with E-state index in [1.54, 1.807) is 6.08 Å². The smallest absolute Gasteiger partial charge is 0.243 e. The molecule has 4 nitrogen and oxygen atoms in total. The molecule has 1 aromatic rings. The first-order valence-electron chi connectivity index (χ1n) is 5.62. The van der Waals surface area contributed by atoms with Crippen molar-refractivity contribution >= 4 is 27.5 Å². The summed E-state index contributed by atoms with van der Waals surface area (Å²) in [5, 5.41) is 0. The van der Waals surface area contributed by atoms with E-state index in [9.17, 15) is 12.8 Å². The second-order valence-electron chi connectivity index (χ2n) is 3.91. The van der Waals surface area contributed by atoms with Crippen LogP contribution in [0.1, 0.15) is 5.56 Å². The maximum atomic E-state index is 13.8. The van der Waals surface area contributed by atoms with Gasteiger partial charge in [0.25, 0.3) is 0 Å². The fraction of sp³-hybridized carbons (Fsp3) is 0.333. The predicted octanol–water partition coefficient (Wildman–Crippen LogP) is 1.91. The Bertz CT molecular complexity index is 559. The van der Waals surface area contributed by atoms with Gasteiger partial charge in [-0.1, -0.05) is 6.08 Å². The monoisotopic (exact) mass is 304 g/mol. The lowest BCUT2D eigenvalue weighted by atomic mass is 10.2. The molecule has 1 aromatic carbocycles. The number of sulfonamides is 1. The lowest BCUT2D eigenvalue weighted by Crippen LogP contribution is -2.27. The molecular weight excluding hydrogens is 287 g/mol. The van der Waals surface area contributed by atoms with E-state index < -0.39 is 20.7 Å². The first kappa shape index (κ1) is 16.0. The molecule has 0 amide bonds. The zero-order valence-corrected chi connectivity index (χ0v) is 12.3. The van der Waals surface area contributed by atoms with Crippen LogP contribution in [0.5, 0.6) is 0 Å². The summed E-state index contributed by atoms with van der Waals surface area (Å²) in [7, 11) is -3.87. The Labute approximate surface area is 117 Å². The molecule has 19 heavy (non-hydrogen) atoms. The van der Waals surface area contributed by atoms with Crippen molar-refractivity contribution in [2.24, 2.45) is 0 Å². The molecule has 0 aromatic heterocycles. The quantitative estimate of drug-likeness (QED) is 0.458. The third kappa shape index (κ3) is 4.52. The molecule has 106 valence electrons. The van der Waals surface area contributed by atoms with Gasteiger partial charge in [0, 0.05) is 23.7 Å². The van der Waals surface area contributed by atoms with E-state index in [1.165, 1.54) is 24.8 Å². The molecule has 0 unspecified atom stereocenters. The second kappa shape index (κ2) is 6.93. The van der Waals surface area contributed by atoms with Gasteiger partial charge in [0.1, 0.15) is 10.7 Å². The van der Waals surface area contributed by atoms with Gasteiger partial charge in [0.2, 0.25) is 10.0 Å². The highest BCUT2D eigenvalue weighted by Gasteiger charge is 2.20. The predicted molar refractivity (Wildman–Crippen MR) is 78.3 cm³/mol. The lowest BCUT2D eigenvalue weighted by Gasteiger charge is -2.09. The van der Waals surface area contributed by atoms with Crippen LogP contribution in [0.15, 0.2) is 29.7 Å². The first-order valence-corrected chi connectivity index (χ1v) is 8.26. The van der Waals surface area contributed by atoms with Crippen molar-refractivity contribution in [3.05, 3.63) is 36.2 Å². The van der Waals surface area contributed by atoms with Crippen molar-refractivity contribution < 1.29 is 12.8 Å². The highest BCUT2D eigenvalue weighted by Crippen LogP contribution is 2.21. The number of nitrogens with one attached hydrogen (secondary N) is 1. The number of hydrogen-bond donors (Lipinski definition) is 2. The molecule has 0 saturated heterocycles. The third-order valence-corrected chi connectivity index (χ3v) is 4.73. The van der Waals surface area contributed by atoms with E-state index >= 15 is 0 Å². The SMILES string of the molecule is C=CCSCCNS(=O)(=O)c1cc(N)cc(C)c1F. The number of thioether (sulfide) groups is 1. The molecule has 0 aliphatic heterocycles. The van der Waals surface area contributed by atoms with Gasteiger partial charge in [-0.3, -0.25) is 0 Å². The zero-order chi connectivity index (χ0) is 14.5. The average Bonchev–Trinajstić information content (AvgIpc) is 2.33. The number of anilines is 1. The molecule has 0 radical (unpaired) electrons. The van der Waals surface area contributed by atoms with E-state index in [0.29, 0.717) is 5.75 Å². The van der Waals surface area contributed by atoms with E-state index in [1.807, 2.05) is 0 Å². The molecule has 1 rings (SSSR count). The average molecular weight is 304 g/mol. The van der Waals surface area contributed by atoms with Crippen LogP contribution < -0.4 is 10.5 Å². The molecule has 0 atom stereocenters. The Kier molecular flexibility index (Phi) is 5.84. The molecular formula is C12H17FN2O2S2. The van der Waals surface area contributed by atoms with Crippen molar-refractivity contribution in [2.45, 2.75) is 11.8 Å². The maximum Gasteiger partial charge on any atom is 0.243 e. The number of halogens is 1. The Morgan fingerprint density at radius 1 is 1.53 bits per heavy atom. The Morgan fingerprint density at radius 3 is 2.84 bits per heavy atom. The molecule has 7 heteroatoms. The highest BCUT2D eigenvalue weighted by molar-refractivity contribution is 7.99. The number of hydrogen-bond acceptors (Lipinski definition) is 4. The van der Waals surface area contributed by atoms with Gasteiger partial charge < -0.3 is 5.73 Å². The van der Waals surface area contributed by atoms with Crippen LogP contribution in [0, 0.1) is 12.7 Å². The second-order valence-corrected chi connectivity index (χ2v) is 6.80. The van der Waals surface area contributed by atoms with Gasteiger partial charge >= 0.3 is 0 Å². The van der Waals surface area contributed by atoms with Crippen molar-refractivity contribution in [3.8, 4) is 0 Å². The minimum absolute atomic E-state index is 0.210. The minimum Gasteiger partial charge on any atom is -0.399 e. The van der Waals surface area contributed by atoms with Crippen LogP contribution in [0.4, 0.5) is 10.1 Å². The summed E-state index contributed by atoms with van der Waals surface area (Å²) in [5.41, 5.74) is 5.98. The molecule has 0 aliphatic carbocycles. The van der Waals surface area contributed by atoms with Gasteiger partial charge in [-0.05, 0) is 24.6 Å². The van der Waals surface area contributed by atoms with Crippen molar-refractivity contribution in [3.63, 3.8) is 0 Å². The molecule has 0 spiro atoms. The lowest BCUT2D eigenvalue weighted by molar-refractivity contribution is 0.555. The molecule has 0 heterocycles. The van der Waals surface area contributed by atoms with Crippen LogP contribution >= 0.6 is 11.8 Å². The Morgan fingerprint density at radius 2 is 2.21 bits per heavy atom. The summed E-state index contributed by atoms with van der Waals surface area (Å²) < 4.78 is 40.1. The van der Waals surface area contributed by atoms with Gasteiger partial charge in [0.05, 0.1) is 0 Å². The molecule has 0 saturated carbocycles. The van der Waals surface area contributed by atoms with Gasteiger partial charge in [-0.15, -0.1) is 6.58 Å². The Balaban J connectivity index is 2.80. The summed E-state index contributed by atoms with van der Waals surface area (Å²) in [6, 6.07) is 2.52. The highest BCUT2D eigenvalue weighted by atomic mass is 32.2. The molecule has 0 aliphatic rings. The van der Waals surface area contributed by atoms with Crippen molar-refractivity contribution in [1.82, 2.24) is 4.72 Å². The van der Waals surface area contributed by atoms with E-state index in [2.05, 4.69) is 11.3 Å². The van der Waals surface area contributed by atoms with Crippen molar-refractivity contribution in [1.29, 1.82) is 0 Å². The Hall–Kier alpha value is -1.05. The van der Waals surface area contributed by atoms with Crippen LogP contribution in [-0.4, -0.2) is 26.5 Å². The summed E-state index contributed by atoms with van der Waals surface area (Å²) in [6.45, 7) is 5.27. The summed E-state index contributed by atoms with van der Waals surface area (Å²) in [5.74, 6) is 0.571. The largest absolute Gasteiger partial charge is 0.399 e. The topological polar surface area (TPSA) is 72.2 Å². The summed E-state index contributed by atoms with van der Waals surface area (Å²) in [6.07, 6.45) is 1.74. The fourth-order valence-corrected chi connectivity index (χ4v) is 3.38. The van der Waals surface area contributed by atoms with Gasteiger partial charge in [-0.25, -0.2) is 17.5 Å². The van der Waals surface area contributed by atoms with Gasteiger partial charge in [-0.2, -0.15) is 11.8 Å². The molecule has 3 N–H and O–H groups in total. The number of aryl methyl sites for hydroxylation is 1. The number of nitrogens with two attached hydrogens (primary N) is 1. The van der Waals surface area contributed by atoms with Crippen LogP contribution in [0.25, 0.3) is 0 Å². The van der Waals surface area contributed by atoms with Gasteiger partial charge in [0.15, 0.2) is 0 Å². The molecule has 0 bridgehead atoms. The third-order valence-electron chi connectivity index (χ3n) is 2.31. The van der Waals surface area contributed by atoms with Crippen LogP contribution in [0.2, 0.25) is 0 Å². The minimum atomic E-state index is -3.87. The van der Waals surface area contributed by atoms with E-state index in [0.717, 1.165) is 11.8 Å². The fourth-order valence-electron chi connectivity index (χ4n) is 1.45. The van der Waals surface area contributed by atoms with Crippen LogP contribution in [0.3, 0.4) is 0 Å².